The fourth-order valence-electron chi connectivity index (χ4n) is 1.90. The normalized spacial score (nSPS) is 11.6. The Balaban J connectivity index is 2.61. The summed E-state index contributed by atoms with van der Waals surface area (Å²) in [7, 11) is 0. The van der Waals surface area contributed by atoms with Crippen LogP contribution in [-0.2, 0) is 13.1 Å². The zero-order chi connectivity index (χ0) is 13.3. The highest BCUT2D eigenvalue weighted by molar-refractivity contribution is 5.73. The molecule has 0 aliphatic heterocycles. The van der Waals surface area contributed by atoms with Crippen LogP contribution < -0.4 is 5.56 Å². The number of halogens is 2. The second-order valence-corrected chi connectivity index (χ2v) is 4.07. The average molecular weight is 256 g/mol. The first-order chi connectivity index (χ1) is 8.54. The molecule has 0 amide bonds. The van der Waals surface area contributed by atoms with Crippen LogP contribution in [-0.4, -0.2) is 25.8 Å². The number of hydrogen-bond acceptors (Lipinski definition) is 3. The summed E-state index contributed by atoms with van der Waals surface area (Å²) in [5.74, 6) is 0.519. The van der Waals surface area contributed by atoms with Crippen molar-refractivity contribution in [2.45, 2.75) is 39.8 Å². The molecule has 0 fully saturated rings. The SMILES string of the molecule is CCCn1c(C)nc2c(cnn2CC(F)F)c1=O. The van der Waals surface area contributed by atoms with Gasteiger partial charge in [-0.1, -0.05) is 6.92 Å². The minimum Gasteiger partial charge on any atom is -0.296 e. The molecule has 0 aliphatic carbocycles. The molecule has 0 saturated carbocycles. The Labute approximate surface area is 102 Å². The molecule has 0 spiro atoms. The summed E-state index contributed by atoms with van der Waals surface area (Å²) in [5, 5.41) is 4.09. The first kappa shape index (κ1) is 12.7. The number of fused-ring (bicyclic) bond motifs is 1. The van der Waals surface area contributed by atoms with E-state index >= 15 is 0 Å². The monoisotopic (exact) mass is 256 g/mol. The third-order valence-corrected chi connectivity index (χ3v) is 2.70. The van der Waals surface area contributed by atoms with Crippen LogP contribution in [0.3, 0.4) is 0 Å². The van der Waals surface area contributed by atoms with Crippen molar-refractivity contribution in [2.75, 3.05) is 0 Å². The maximum atomic E-state index is 12.4. The third-order valence-electron chi connectivity index (χ3n) is 2.70. The highest BCUT2D eigenvalue weighted by Crippen LogP contribution is 2.10. The second-order valence-electron chi connectivity index (χ2n) is 4.07. The van der Waals surface area contributed by atoms with E-state index in [1.54, 1.807) is 6.92 Å². The van der Waals surface area contributed by atoms with E-state index in [1.165, 1.54) is 10.8 Å². The molecule has 0 radical (unpaired) electrons. The Bertz CT molecular complexity index is 617. The second kappa shape index (κ2) is 4.83. The van der Waals surface area contributed by atoms with Gasteiger partial charge in [0, 0.05) is 6.54 Å². The lowest BCUT2D eigenvalue weighted by Gasteiger charge is -2.08. The lowest BCUT2D eigenvalue weighted by atomic mass is 10.3. The molecule has 0 bridgehead atoms. The van der Waals surface area contributed by atoms with Crippen LogP contribution in [0.5, 0.6) is 0 Å². The molecule has 2 aromatic heterocycles. The molecule has 0 unspecified atom stereocenters. The van der Waals surface area contributed by atoms with Crippen molar-refractivity contribution in [3.63, 3.8) is 0 Å². The van der Waals surface area contributed by atoms with Crippen LogP contribution in [0, 0.1) is 6.92 Å². The fourth-order valence-corrected chi connectivity index (χ4v) is 1.90. The predicted molar refractivity (Wildman–Crippen MR) is 62.8 cm³/mol. The fraction of sp³-hybridized carbons (Fsp3) is 0.545. The van der Waals surface area contributed by atoms with Gasteiger partial charge >= 0.3 is 0 Å². The van der Waals surface area contributed by atoms with Gasteiger partial charge in [0.25, 0.3) is 12.0 Å². The summed E-state index contributed by atoms with van der Waals surface area (Å²) >= 11 is 0. The van der Waals surface area contributed by atoms with E-state index in [2.05, 4.69) is 10.1 Å². The van der Waals surface area contributed by atoms with Crippen molar-refractivity contribution in [3.8, 4) is 0 Å². The van der Waals surface area contributed by atoms with Gasteiger partial charge < -0.3 is 0 Å². The Kier molecular flexibility index (Phi) is 3.40. The Morgan fingerprint density at radius 3 is 2.78 bits per heavy atom. The molecule has 0 atom stereocenters. The number of hydrogen-bond donors (Lipinski definition) is 0. The van der Waals surface area contributed by atoms with E-state index < -0.39 is 13.0 Å². The molecule has 0 N–H and O–H groups in total. The maximum Gasteiger partial charge on any atom is 0.264 e. The lowest BCUT2D eigenvalue weighted by molar-refractivity contribution is 0.123. The summed E-state index contributed by atoms with van der Waals surface area (Å²) in [4.78, 5) is 16.3. The Morgan fingerprint density at radius 1 is 1.44 bits per heavy atom. The molecule has 0 aliphatic rings. The molecule has 0 saturated heterocycles. The topological polar surface area (TPSA) is 52.7 Å². The molecule has 2 rings (SSSR count). The zero-order valence-electron chi connectivity index (χ0n) is 10.2. The van der Waals surface area contributed by atoms with Gasteiger partial charge in [-0.15, -0.1) is 0 Å². The molecule has 98 valence electrons. The van der Waals surface area contributed by atoms with Gasteiger partial charge in [-0.2, -0.15) is 5.10 Å². The van der Waals surface area contributed by atoms with Crippen molar-refractivity contribution < 1.29 is 8.78 Å². The summed E-state index contributed by atoms with van der Waals surface area (Å²) in [6.45, 7) is 3.66. The summed E-state index contributed by atoms with van der Waals surface area (Å²) < 4.78 is 27.3. The largest absolute Gasteiger partial charge is 0.296 e. The minimum absolute atomic E-state index is 0.222. The Hall–Kier alpha value is -1.79. The third kappa shape index (κ3) is 2.12. The zero-order valence-corrected chi connectivity index (χ0v) is 10.2. The molecule has 18 heavy (non-hydrogen) atoms. The highest BCUT2D eigenvalue weighted by atomic mass is 19.3. The number of alkyl halides is 2. The van der Waals surface area contributed by atoms with E-state index in [9.17, 15) is 13.6 Å². The summed E-state index contributed by atoms with van der Waals surface area (Å²) in [6.07, 6.45) is -0.411. The van der Waals surface area contributed by atoms with E-state index in [0.717, 1.165) is 11.1 Å². The molecule has 5 nitrogen and oxygen atoms in total. The molecule has 7 heteroatoms. The molecule has 2 aromatic rings. The van der Waals surface area contributed by atoms with Gasteiger partial charge in [0.1, 0.15) is 17.8 Å². The van der Waals surface area contributed by atoms with E-state index in [0.29, 0.717) is 12.4 Å². The van der Waals surface area contributed by atoms with Gasteiger partial charge in [-0.25, -0.2) is 18.4 Å². The lowest BCUT2D eigenvalue weighted by Crippen LogP contribution is -2.24. The van der Waals surface area contributed by atoms with E-state index in [-0.39, 0.29) is 16.6 Å². The van der Waals surface area contributed by atoms with Gasteiger partial charge in [-0.05, 0) is 13.3 Å². The van der Waals surface area contributed by atoms with E-state index in [1.807, 2.05) is 6.92 Å². The van der Waals surface area contributed by atoms with Gasteiger partial charge in [0.05, 0.1) is 6.20 Å². The van der Waals surface area contributed by atoms with Gasteiger partial charge in [0.15, 0.2) is 5.65 Å². The molecular weight excluding hydrogens is 242 g/mol. The first-order valence-corrected chi connectivity index (χ1v) is 5.75. The minimum atomic E-state index is -2.52. The molecular formula is C11H14F2N4O. The maximum absolute atomic E-state index is 12.4. The highest BCUT2D eigenvalue weighted by Gasteiger charge is 2.14. The van der Waals surface area contributed by atoms with Crippen molar-refractivity contribution in [1.29, 1.82) is 0 Å². The van der Waals surface area contributed by atoms with Crippen LogP contribution in [0.25, 0.3) is 11.0 Å². The van der Waals surface area contributed by atoms with Crippen LogP contribution in [0.4, 0.5) is 8.78 Å². The molecule has 2 heterocycles. The van der Waals surface area contributed by atoms with Crippen molar-refractivity contribution >= 4 is 11.0 Å². The predicted octanol–water partition coefficient (Wildman–Crippen LogP) is 1.58. The first-order valence-electron chi connectivity index (χ1n) is 5.75. The standard InChI is InChI=1S/C11H14F2N4O/c1-3-4-16-7(2)15-10-8(11(16)18)5-14-17(10)6-9(12)13/h5,9H,3-4,6H2,1-2H3. The number of nitrogens with zero attached hydrogens (tertiary/aromatic N) is 4. The van der Waals surface area contributed by atoms with Crippen LogP contribution in [0.2, 0.25) is 0 Å². The number of rotatable bonds is 4. The van der Waals surface area contributed by atoms with Crippen molar-refractivity contribution in [3.05, 3.63) is 22.4 Å². The number of aryl methyl sites for hydroxylation is 1. The Morgan fingerprint density at radius 2 is 2.17 bits per heavy atom. The molecule has 0 aromatic carbocycles. The van der Waals surface area contributed by atoms with Crippen LogP contribution in [0.15, 0.2) is 11.0 Å². The average Bonchev–Trinajstić information content (AvgIpc) is 2.67. The number of aromatic nitrogens is 4. The van der Waals surface area contributed by atoms with E-state index in [4.69, 9.17) is 0 Å². The smallest absolute Gasteiger partial charge is 0.264 e. The quantitative estimate of drug-likeness (QED) is 0.834. The van der Waals surface area contributed by atoms with Crippen molar-refractivity contribution in [2.24, 2.45) is 0 Å². The van der Waals surface area contributed by atoms with Gasteiger partial charge in [0.2, 0.25) is 0 Å². The van der Waals surface area contributed by atoms with Crippen molar-refractivity contribution in [1.82, 2.24) is 19.3 Å². The summed E-state index contributed by atoms with van der Waals surface area (Å²) in [5.41, 5.74) is 0.00465. The van der Waals surface area contributed by atoms with Crippen LogP contribution >= 0.6 is 0 Å². The van der Waals surface area contributed by atoms with Crippen LogP contribution in [0.1, 0.15) is 19.2 Å². The summed E-state index contributed by atoms with van der Waals surface area (Å²) in [6, 6.07) is 0. The van der Waals surface area contributed by atoms with Gasteiger partial charge in [-0.3, -0.25) is 9.36 Å².